The first-order valence-electron chi connectivity index (χ1n) is 2.75. The molecule has 0 rings (SSSR count). The quantitative estimate of drug-likeness (QED) is 0.588. The molecule has 0 amide bonds. The molecule has 0 fully saturated rings. The van der Waals surface area contributed by atoms with Gasteiger partial charge in [-0.25, -0.2) is 0 Å². The summed E-state index contributed by atoms with van der Waals surface area (Å²) >= 11 is 11.2. The minimum atomic E-state index is -0.353. The Hall–Kier alpha value is 0.250. The van der Waals surface area contributed by atoms with Crippen molar-refractivity contribution in [3.05, 3.63) is 0 Å². The molecule has 0 aliphatic heterocycles. The number of carbonyl (C=O) groups excluding carboxylic acids is 1. The van der Waals surface area contributed by atoms with Crippen LogP contribution in [0, 0.1) is 5.92 Å². The van der Waals surface area contributed by atoms with E-state index in [2.05, 4.69) is 0 Å². The lowest BCUT2D eigenvalue weighted by Gasteiger charge is -2.12. The van der Waals surface area contributed by atoms with Crippen molar-refractivity contribution < 1.29 is 4.79 Å². The van der Waals surface area contributed by atoms with Gasteiger partial charge in [0, 0.05) is 10.8 Å². The van der Waals surface area contributed by atoms with Crippen molar-refractivity contribution in [2.24, 2.45) is 5.92 Å². The average molecular weight is 168 g/mol. The molecule has 53 valence electrons. The van der Waals surface area contributed by atoms with Gasteiger partial charge >= 0.3 is 0 Å². The molecule has 0 N–H and O–H groups in total. The van der Waals surface area contributed by atoms with Crippen LogP contribution in [0.4, 0.5) is 0 Å². The van der Waals surface area contributed by atoms with Gasteiger partial charge in [-0.3, -0.25) is 4.79 Å². The van der Waals surface area contributed by atoms with Crippen LogP contribution in [-0.2, 0) is 4.79 Å². The summed E-state index contributed by atoms with van der Waals surface area (Å²) < 4.78 is 0. The highest BCUT2D eigenvalue weighted by atomic mass is 35.5. The average Bonchev–Trinajstić information content (AvgIpc) is 1.64. The normalized spacial score (nSPS) is 20.4. The van der Waals surface area contributed by atoms with Gasteiger partial charge in [0.15, 0.2) is 0 Å². The molecule has 0 saturated carbocycles. The molecule has 9 heavy (non-hydrogen) atoms. The fourth-order valence-electron chi connectivity index (χ4n) is 0.553. The summed E-state index contributed by atoms with van der Waals surface area (Å²) in [4.78, 5) is 10.1. The highest BCUT2D eigenvalue weighted by Crippen LogP contribution is 2.16. The van der Waals surface area contributed by atoms with Gasteiger partial charge in [0.05, 0.1) is 5.92 Å². The lowest BCUT2D eigenvalue weighted by molar-refractivity contribution is 0.513. The molecule has 1 radical (unpaired) electrons. The molecule has 0 saturated heterocycles. The van der Waals surface area contributed by atoms with E-state index in [-0.39, 0.29) is 16.7 Å². The number of rotatable bonds is 3. The third kappa shape index (κ3) is 3.07. The fourth-order valence-corrected chi connectivity index (χ4v) is 1.17. The molecule has 0 bridgehead atoms. The van der Waals surface area contributed by atoms with Gasteiger partial charge in [-0.05, 0) is 13.8 Å². The smallest absolute Gasteiger partial charge is 0.204 e. The molecule has 3 heteroatoms. The Bertz CT molecular complexity index is 83.1. The Morgan fingerprint density at radius 1 is 1.22 bits per heavy atom. The molecular weight excluding hydrogens is 159 g/mol. The van der Waals surface area contributed by atoms with Gasteiger partial charge in [0.25, 0.3) is 0 Å². The van der Waals surface area contributed by atoms with E-state index in [1.165, 1.54) is 0 Å². The molecule has 0 aromatic heterocycles. The number of alkyl halides is 2. The standard InChI is InChI=1S/C6H9Cl2O/c1-4(7)6(3-9)5(2)8/h4-6H,1-2H3. The summed E-state index contributed by atoms with van der Waals surface area (Å²) in [6, 6.07) is 0. The van der Waals surface area contributed by atoms with Gasteiger partial charge < -0.3 is 0 Å². The molecule has 1 nitrogen and oxygen atoms in total. The molecule has 0 aromatic rings. The summed E-state index contributed by atoms with van der Waals surface area (Å²) in [5.74, 6) is -0.353. The number of halogens is 2. The predicted octanol–water partition coefficient (Wildman–Crippen LogP) is 1.97. The summed E-state index contributed by atoms with van der Waals surface area (Å²) in [6.07, 6.45) is 1.79. The maximum Gasteiger partial charge on any atom is 0.204 e. The molecule has 2 atom stereocenters. The van der Waals surface area contributed by atoms with Crippen molar-refractivity contribution in [1.29, 1.82) is 0 Å². The van der Waals surface area contributed by atoms with E-state index in [0.717, 1.165) is 0 Å². The highest BCUT2D eigenvalue weighted by Gasteiger charge is 2.20. The Morgan fingerprint density at radius 2 is 1.56 bits per heavy atom. The van der Waals surface area contributed by atoms with Gasteiger partial charge in [-0.15, -0.1) is 23.2 Å². The second kappa shape index (κ2) is 4.13. The van der Waals surface area contributed by atoms with Crippen LogP contribution in [0.1, 0.15) is 13.8 Å². The summed E-state index contributed by atoms with van der Waals surface area (Å²) in [5.41, 5.74) is 0. The molecule has 0 heterocycles. The van der Waals surface area contributed by atoms with Crippen LogP contribution in [0.5, 0.6) is 0 Å². The lowest BCUT2D eigenvalue weighted by atomic mass is 10.1. The zero-order valence-corrected chi connectivity index (χ0v) is 6.91. The van der Waals surface area contributed by atoms with Crippen molar-refractivity contribution in [3.63, 3.8) is 0 Å². The predicted molar refractivity (Wildman–Crippen MR) is 39.8 cm³/mol. The van der Waals surface area contributed by atoms with Crippen LogP contribution in [-0.4, -0.2) is 17.0 Å². The first-order chi connectivity index (χ1) is 4.09. The maximum absolute atomic E-state index is 10.1. The van der Waals surface area contributed by atoms with Crippen LogP contribution in [0.2, 0.25) is 0 Å². The summed E-state index contributed by atoms with van der Waals surface area (Å²) in [7, 11) is 0. The van der Waals surface area contributed by atoms with Crippen LogP contribution >= 0.6 is 23.2 Å². The Kier molecular flexibility index (Phi) is 4.24. The van der Waals surface area contributed by atoms with E-state index in [1.54, 1.807) is 20.1 Å². The molecule has 0 aromatic carbocycles. The van der Waals surface area contributed by atoms with Crippen LogP contribution in [0.3, 0.4) is 0 Å². The van der Waals surface area contributed by atoms with Gasteiger partial charge in [0.1, 0.15) is 0 Å². The maximum atomic E-state index is 10.1. The van der Waals surface area contributed by atoms with E-state index in [4.69, 9.17) is 23.2 Å². The summed E-state index contributed by atoms with van der Waals surface area (Å²) in [6.45, 7) is 3.46. The fraction of sp³-hybridized carbons (Fsp3) is 0.833. The Labute approximate surface area is 65.3 Å². The van der Waals surface area contributed by atoms with Crippen molar-refractivity contribution in [2.75, 3.05) is 0 Å². The SMILES string of the molecule is CC(Cl)C([C]=O)C(C)Cl. The van der Waals surface area contributed by atoms with Crippen LogP contribution in [0.25, 0.3) is 0 Å². The highest BCUT2D eigenvalue weighted by molar-refractivity contribution is 6.25. The third-order valence-corrected chi connectivity index (χ3v) is 1.67. The Morgan fingerprint density at radius 3 is 1.56 bits per heavy atom. The molecule has 0 spiro atoms. The van der Waals surface area contributed by atoms with Gasteiger partial charge in [-0.1, -0.05) is 0 Å². The van der Waals surface area contributed by atoms with Crippen molar-refractivity contribution in [3.8, 4) is 0 Å². The lowest BCUT2D eigenvalue weighted by Crippen LogP contribution is -2.21. The number of hydrogen-bond acceptors (Lipinski definition) is 1. The van der Waals surface area contributed by atoms with Crippen molar-refractivity contribution >= 4 is 29.5 Å². The first kappa shape index (κ1) is 9.25. The van der Waals surface area contributed by atoms with E-state index < -0.39 is 0 Å². The van der Waals surface area contributed by atoms with Gasteiger partial charge in [0.2, 0.25) is 6.29 Å². The zero-order valence-electron chi connectivity index (χ0n) is 5.40. The minimum Gasteiger partial charge on any atom is -0.290 e. The minimum absolute atomic E-state index is 0.227. The number of hydrogen-bond donors (Lipinski definition) is 0. The van der Waals surface area contributed by atoms with Crippen LogP contribution in [0.15, 0.2) is 0 Å². The third-order valence-electron chi connectivity index (χ3n) is 1.13. The molecule has 2 unspecified atom stereocenters. The first-order valence-corrected chi connectivity index (χ1v) is 3.62. The molecule has 0 aliphatic rings. The second-order valence-electron chi connectivity index (χ2n) is 2.00. The van der Waals surface area contributed by atoms with Crippen molar-refractivity contribution in [2.45, 2.75) is 24.6 Å². The van der Waals surface area contributed by atoms with E-state index in [1.807, 2.05) is 0 Å². The molecular formula is C6H9Cl2O. The largest absolute Gasteiger partial charge is 0.290 e. The van der Waals surface area contributed by atoms with E-state index >= 15 is 0 Å². The monoisotopic (exact) mass is 167 g/mol. The van der Waals surface area contributed by atoms with Crippen LogP contribution < -0.4 is 0 Å². The van der Waals surface area contributed by atoms with E-state index in [0.29, 0.717) is 0 Å². The zero-order chi connectivity index (χ0) is 7.44. The molecule has 0 aliphatic carbocycles. The summed E-state index contributed by atoms with van der Waals surface area (Å²) in [5, 5.41) is -0.454. The van der Waals surface area contributed by atoms with Gasteiger partial charge in [-0.2, -0.15) is 0 Å². The topological polar surface area (TPSA) is 17.1 Å². The van der Waals surface area contributed by atoms with Crippen molar-refractivity contribution in [1.82, 2.24) is 0 Å². The second-order valence-corrected chi connectivity index (χ2v) is 3.38. The van der Waals surface area contributed by atoms with E-state index in [9.17, 15) is 4.79 Å². The Balaban J connectivity index is 3.82.